The highest BCUT2D eigenvalue weighted by molar-refractivity contribution is 5.74. The molecule has 1 heterocycles. The minimum atomic E-state index is 0.663. The molecule has 0 saturated carbocycles. The molecule has 0 aliphatic heterocycles. The summed E-state index contributed by atoms with van der Waals surface area (Å²) in [5.41, 5.74) is 1.80. The second kappa shape index (κ2) is 3.86. The molecule has 0 unspecified atom stereocenters. The standard InChI is InChI=1S/C9H11NO/c1-2-3-8-4-9(7-11)6-10-5-8/h4-7H,2-3H2,1H3. The summed E-state index contributed by atoms with van der Waals surface area (Å²) in [4.78, 5) is 14.3. The minimum absolute atomic E-state index is 0.663. The molecular weight excluding hydrogens is 138 g/mol. The Morgan fingerprint density at radius 2 is 2.36 bits per heavy atom. The van der Waals surface area contributed by atoms with Crippen LogP contribution in [0.1, 0.15) is 29.3 Å². The Hall–Kier alpha value is -1.18. The molecule has 0 aliphatic rings. The molecule has 0 N–H and O–H groups in total. The van der Waals surface area contributed by atoms with Crippen LogP contribution in [0, 0.1) is 0 Å². The summed E-state index contributed by atoms with van der Waals surface area (Å²) < 4.78 is 0. The lowest BCUT2D eigenvalue weighted by molar-refractivity contribution is 0.112. The zero-order chi connectivity index (χ0) is 8.10. The monoisotopic (exact) mass is 149 g/mol. The van der Waals surface area contributed by atoms with Gasteiger partial charge in [0, 0.05) is 18.0 Å². The molecule has 2 heteroatoms. The van der Waals surface area contributed by atoms with Gasteiger partial charge in [0.05, 0.1) is 0 Å². The van der Waals surface area contributed by atoms with E-state index >= 15 is 0 Å². The van der Waals surface area contributed by atoms with Crippen molar-refractivity contribution in [1.82, 2.24) is 4.98 Å². The molecule has 0 atom stereocenters. The number of aromatic nitrogens is 1. The summed E-state index contributed by atoms with van der Waals surface area (Å²) in [6, 6.07) is 1.88. The number of rotatable bonds is 3. The van der Waals surface area contributed by atoms with Crippen molar-refractivity contribution >= 4 is 6.29 Å². The Balaban J connectivity index is 2.82. The van der Waals surface area contributed by atoms with E-state index in [1.165, 1.54) is 0 Å². The number of aryl methyl sites for hydroxylation is 1. The van der Waals surface area contributed by atoms with Crippen molar-refractivity contribution in [1.29, 1.82) is 0 Å². The summed E-state index contributed by atoms with van der Waals surface area (Å²) in [6.07, 6.45) is 6.29. The Labute approximate surface area is 66.3 Å². The van der Waals surface area contributed by atoms with E-state index in [-0.39, 0.29) is 0 Å². The van der Waals surface area contributed by atoms with Crippen molar-refractivity contribution in [2.24, 2.45) is 0 Å². The van der Waals surface area contributed by atoms with Gasteiger partial charge in [-0.25, -0.2) is 0 Å². The average Bonchev–Trinajstić information content (AvgIpc) is 2.06. The molecule has 58 valence electrons. The second-order valence-corrected chi connectivity index (χ2v) is 2.49. The third-order valence-corrected chi connectivity index (χ3v) is 1.49. The van der Waals surface area contributed by atoms with Gasteiger partial charge < -0.3 is 0 Å². The number of carbonyl (C=O) groups is 1. The highest BCUT2D eigenvalue weighted by Crippen LogP contribution is 2.02. The van der Waals surface area contributed by atoms with Crippen molar-refractivity contribution in [3.05, 3.63) is 29.6 Å². The first kappa shape index (κ1) is 7.92. The van der Waals surface area contributed by atoms with Crippen molar-refractivity contribution in [2.45, 2.75) is 19.8 Å². The fraction of sp³-hybridized carbons (Fsp3) is 0.333. The Bertz CT molecular complexity index is 245. The lowest BCUT2D eigenvalue weighted by atomic mass is 10.1. The summed E-state index contributed by atoms with van der Waals surface area (Å²) in [5.74, 6) is 0. The first-order chi connectivity index (χ1) is 5.36. The first-order valence-corrected chi connectivity index (χ1v) is 3.76. The predicted octanol–water partition coefficient (Wildman–Crippen LogP) is 1.85. The van der Waals surface area contributed by atoms with E-state index in [4.69, 9.17) is 0 Å². The molecule has 11 heavy (non-hydrogen) atoms. The van der Waals surface area contributed by atoms with Crippen LogP contribution in [0.2, 0.25) is 0 Å². The summed E-state index contributed by atoms with van der Waals surface area (Å²) in [5, 5.41) is 0. The van der Waals surface area contributed by atoms with Crippen LogP contribution >= 0.6 is 0 Å². The molecule has 0 bridgehead atoms. The van der Waals surface area contributed by atoms with Crippen LogP contribution in [0.4, 0.5) is 0 Å². The van der Waals surface area contributed by atoms with E-state index in [0.717, 1.165) is 24.7 Å². The van der Waals surface area contributed by atoms with Gasteiger partial charge in [-0.3, -0.25) is 9.78 Å². The first-order valence-electron chi connectivity index (χ1n) is 3.76. The molecule has 1 aromatic heterocycles. The van der Waals surface area contributed by atoms with Crippen LogP contribution in [-0.2, 0) is 6.42 Å². The highest BCUT2D eigenvalue weighted by atomic mass is 16.1. The quantitative estimate of drug-likeness (QED) is 0.614. The smallest absolute Gasteiger partial charge is 0.151 e. The van der Waals surface area contributed by atoms with Crippen molar-refractivity contribution < 1.29 is 4.79 Å². The van der Waals surface area contributed by atoms with Crippen molar-refractivity contribution in [3.8, 4) is 0 Å². The largest absolute Gasteiger partial charge is 0.298 e. The van der Waals surface area contributed by atoms with E-state index in [0.29, 0.717) is 5.56 Å². The van der Waals surface area contributed by atoms with Crippen molar-refractivity contribution in [2.75, 3.05) is 0 Å². The van der Waals surface area contributed by atoms with Gasteiger partial charge in [0.25, 0.3) is 0 Å². The van der Waals surface area contributed by atoms with Crippen LogP contribution in [-0.4, -0.2) is 11.3 Å². The van der Waals surface area contributed by atoms with Gasteiger partial charge in [-0.2, -0.15) is 0 Å². The van der Waals surface area contributed by atoms with Gasteiger partial charge in [-0.15, -0.1) is 0 Å². The topological polar surface area (TPSA) is 30.0 Å². The van der Waals surface area contributed by atoms with E-state index in [2.05, 4.69) is 11.9 Å². The SMILES string of the molecule is CCCc1cncc(C=O)c1. The molecule has 0 aliphatic carbocycles. The Kier molecular flexibility index (Phi) is 2.78. The third kappa shape index (κ3) is 2.15. The van der Waals surface area contributed by atoms with E-state index in [9.17, 15) is 4.79 Å². The molecule has 0 saturated heterocycles. The van der Waals surface area contributed by atoms with Crippen LogP contribution in [0.3, 0.4) is 0 Å². The molecule has 0 fully saturated rings. The van der Waals surface area contributed by atoms with Gasteiger partial charge in [-0.05, 0) is 18.1 Å². The molecule has 0 radical (unpaired) electrons. The predicted molar refractivity (Wildman–Crippen MR) is 43.6 cm³/mol. The number of pyridine rings is 1. The lowest BCUT2D eigenvalue weighted by Gasteiger charge is -1.96. The van der Waals surface area contributed by atoms with Crippen LogP contribution in [0.5, 0.6) is 0 Å². The molecule has 0 aromatic carbocycles. The van der Waals surface area contributed by atoms with Gasteiger partial charge >= 0.3 is 0 Å². The summed E-state index contributed by atoms with van der Waals surface area (Å²) >= 11 is 0. The van der Waals surface area contributed by atoms with E-state index < -0.39 is 0 Å². The molecule has 0 amide bonds. The third-order valence-electron chi connectivity index (χ3n) is 1.49. The Morgan fingerprint density at radius 1 is 1.55 bits per heavy atom. The average molecular weight is 149 g/mol. The number of aldehydes is 1. The maximum atomic E-state index is 10.3. The maximum Gasteiger partial charge on any atom is 0.151 e. The van der Waals surface area contributed by atoms with Crippen LogP contribution in [0.15, 0.2) is 18.5 Å². The molecular formula is C9H11NO. The number of nitrogens with zero attached hydrogens (tertiary/aromatic N) is 1. The molecule has 1 aromatic rings. The van der Waals surface area contributed by atoms with Gasteiger partial charge in [0.2, 0.25) is 0 Å². The van der Waals surface area contributed by atoms with Gasteiger partial charge in [-0.1, -0.05) is 13.3 Å². The van der Waals surface area contributed by atoms with Gasteiger partial charge in [0.1, 0.15) is 0 Å². The molecule has 1 rings (SSSR count). The summed E-state index contributed by atoms with van der Waals surface area (Å²) in [6.45, 7) is 2.10. The van der Waals surface area contributed by atoms with E-state index in [1.807, 2.05) is 6.07 Å². The lowest BCUT2D eigenvalue weighted by Crippen LogP contribution is -1.88. The van der Waals surface area contributed by atoms with E-state index in [1.54, 1.807) is 12.4 Å². The zero-order valence-corrected chi connectivity index (χ0v) is 6.58. The fourth-order valence-corrected chi connectivity index (χ4v) is 0.998. The molecule has 0 spiro atoms. The highest BCUT2D eigenvalue weighted by Gasteiger charge is 1.93. The maximum absolute atomic E-state index is 10.3. The number of hydrogen-bond acceptors (Lipinski definition) is 2. The second-order valence-electron chi connectivity index (χ2n) is 2.49. The number of carbonyl (C=O) groups excluding carboxylic acids is 1. The molecule has 2 nitrogen and oxygen atoms in total. The summed E-state index contributed by atoms with van der Waals surface area (Å²) in [7, 11) is 0. The van der Waals surface area contributed by atoms with Gasteiger partial charge in [0.15, 0.2) is 6.29 Å². The minimum Gasteiger partial charge on any atom is -0.298 e. The normalized spacial score (nSPS) is 9.55. The Morgan fingerprint density at radius 3 is 3.00 bits per heavy atom. The van der Waals surface area contributed by atoms with Crippen LogP contribution in [0.25, 0.3) is 0 Å². The fourth-order valence-electron chi connectivity index (χ4n) is 0.998. The van der Waals surface area contributed by atoms with Crippen LogP contribution < -0.4 is 0 Å². The zero-order valence-electron chi connectivity index (χ0n) is 6.58. The number of hydrogen-bond donors (Lipinski definition) is 0. The van der Waals surface area contributed by atoms with Crippen molar-refractivity contribution in [3.63, 3.8) is 0 Å².